The molecular weight excluding hydrogens is 350 g/mol. The molecule has 2 nitrogen and oxygen atoms in total. The third kappa shape index (κ3) is 6.09. The van der Waals surface area contributed by atoms with Crippen molar-refractivity contribution in [2.24, 2.45) is 0 Å². The molecule has 1 atom stereocenters. The van der Waals surface area contributed by atoms with Crippen LogP contribution in [0.3, 0.4) is 0 Å². The van der Waals surface area contributed by atoms with Gasteiger partial charge in [-0.3, -0.25) is 0 Å². The van der Waals surface area contributed by atoms with Gasteiger partial charge in [0.2, 0.25) is 0 Å². The van der Waals surface area contributed by atoms with Crippen molar-refractivity contribution in [3.63, 3.8) is 0 Å². The van der Waals surface area contributed by atoms with Crippen LogP contribution in [-0.2, 0) is 6.42 Å². The SMILES string of the molecule is CC(C)(C)NCC(O)CCc1ccc(Br)cc1-c1ccccc1. The number of hydrogen-bond donors (Lipinski definition) is 2. The molecule has 0 saturated carbocycles. The van der Waals surface area contributed by atoms with Crippen LogP contribution in [0, 0.1) is 0 Å². The maximum atomic E-state index is 10.2. The number of halogens is 1. The molecule has 0 aliphatic carbocycles. The van der Waals surface area contributed by atoms with Gasteiger partial charge < -0.3 is 10.4 Å². The standard InChI is InChI=1S/C20H26BrNO/c1-20(2,3)22-14-18(23)12-10-16-9-11-17(21)13-19(16)15-7-5-4-6-8-15/h4-9,11,13,18,22-23H,10,12,14H2,1-3H3. The first-order valence-corrected chi connectivity index (χ1v) is 8.91. The Morgan fingerprint density at radius 2 is 1.78 bits per heavy atom. The Balaban J connectivity index is 2.06. The molecule has 3 heteroatoms. The minimum atomic E-state index is -0.332. The van der Waals surface area contributed by atoms with E-state index in [1.165, 1.54) is 16.7 Å². The Bertz CT molecular complexity index is 619. The number of hydrogen-bond acceptors (Lipinski definition) is 2. The molecule has 0 fully saturated rings. The number of nitrogens with one attached hydrogen (secondary N) is 1. The maximum Gasteiger partial charge on any atom is 0.0668 e. The minimum absolute atomic E-state index is 0.0355. The van der Waals surface area contributed by atoms with E-state index < -0.39 is 0 Å². The number of aliphatic hydroxyl groups is 1. The van der Waals surface area contributed by atoms with Crippen LogP contribution in [0.25, 0.3) is 11.1 Å². The fourth-order valence-corrected chi connectivity index (χ4v) is 2.86. The predicted molar refractivity (Wildman–Crippen MR) is 102 cm³/mol. The van der Waals surface area contributed by atoms with E-state index in [1.807, 2.05) is 6.07 Å². The molecule has 1 unspecified atom stereocenters. The van der Waals surface area contributed by atoms with Gasteiger partial charge in [0.25, 0.3) is 0 Å². The second-order valence-corrected chi connectivity index (χ2v) is 7.91. The summed E-state index contributed by atoms with van der Waals surface area (Å²) in [5.74, 6) is 0. The molecule has 0 amide bonds. The van der Waals surface area contributed by atoms with Crippen LogP contribution in [0.4, 0.5) is 0 Å². The average molecular weight is 376 g/mol. The van der Waals surface area contributed by atoms with Gasteiger partial charge in [-0.2, -0.15) is 0 Å². The maximum absolute atomic E-state index is 10.2. The molecule has 2 aromatic rings. The van der Waals surface area contributed by atoms with Gasteiger partial charge in [-0.15, -0.1) is 0 Å². The normalized spacial score (nSPS) is 13.1. The summed E-state index contributed by atoms with van der Waals surface area (Å²) in [6.07, 6.45) is 1.29. The van der Waals surface area contributed by atoms with Gasteiger partial charge in [0.1, 0.15) is 0 Å². The molecule has 0 aliphatic heterocycles. The molecule has 0 aromatic heterocycles. The molecule has 0 radical (unpaired) electrons. The second kappa shape index (κ2) is 8.09. The van der Waals surface area contributed by atoms with Gasteiger partial charge in [-0.25, -0.2) is 0 Å². The van der Waals surface area contributed by atoms with Crippen molar-refractivity contribution in [1.29, 1.82) is 0 Å². The molecule has 124 valence electrons. The first-order chi connectivity index (χ1) is 10.8. The lowest BCUT2D eigenvalue weighted by Gasteiger charge is -2.23. The van der Waals surface area contributed by atoms with E-state index in [1.54, 1.807) is 0 Å². The largest absolute Gasteiger partial charge is 0.392 e. The Morgan fingerprint density at radius 1 is 1.09 bits per heavy atom. The molecule has 0 saturated heterocycles. The highest BCUT2D eigenvalue weighted by atomic mass is 79.9. The summed E-state index contributed by atoms with van der Waals surface area (Å²) >= 11 is 3.56. The monoisotopic (exact) mass is 375 g/mol. The summed E-state index contributed by atoms with van der Waals surface area (Å²) in [5.41, 5.74) is 3.75. The number of benzene rings is 2. The zero-order valence-electron chi connectivity index (χ0n) is 14.1. The first-order valence-electron chi connectivity index (χ1n) is 8.12. The Labute approximate surface area is 148 Å². The average Bonchev–Trinajstić information content (AvgIpc) is 2.52. The van der Waals surface area contributed by atoms with E-state index in [2.05, 4.69) is 84.5 Å². The van der Waals surface area contributed by atoms with Crippen molar-refractivity contribution >= 4 is 15.9 Å². The highest BCUT2D eigenvalue weighted by Gasteiger charge is 2.13. The summed E-state index contributed by atoms with van der Waals surface area (Å²) in [4.78, 5) is 0. The van der Waals surface area contributed by atoms with Gasteiger partial charge in [0.05, 0.1) is 6.10 Å². The Morgan fingerprint density at radius 3 is 2.43 bits per heavy atom. The van der Waals surface area contributed by atoms with Crippen LogP contribution in [0.2, 0.25) is 0 Å². The quantitative estimate of drug-likeness (QED) is 0.759. The number of aliphatic hydroxyl groups excluding tert-OH is 1. The summed E-state index contributed by atoms with van der Waals surface area (Å²) in [7, 11) is 0. The Hall–Kier alpha value is -1.16. The smallest absolute Gasteiger partial charge is 0.0668 e. The molecule has 2 N–H and O–H groups in total. The fourth-order valence-electron chi connectivity index (χ4n) is 2.50. The van der Waals surface area contributed by atoms with Crippen LogP contribution in [0.5, 0.6) is 0 Å². The molecule has 0 heterocycles. The van der Waals surface area contributed by atoms with Gasteiger partial charge in [-0.1, -0.05) is 52.3 Å². The second-order valence-electron chi connectivity index (χ2n) is 6.99. The molecular formula is C20H26BrNO. The van der Waals surface area contributed by atoms with Gasteiger partial charge in [0.15, 0.2) is 0 Å². The molecule has 2 aromatic carbocycles. The van der Waals surface area contributed by atoms with E-state index in [0.29, 0.717) is 6.54 Å². The number of β-amino-alcohol motifs (C(OH)–C–C–N with tert-alkyl or cyclic N) is 1. The summed E-state index contributed by atoms with van der Waals surface area (Å²) in [5, 5.41) is 13.6. The molecule has 0 aliphatic rings. The number of rotatable bonds is 6. The van der Waals surface area contributed by atoms with Crippen molar-refractivity contribution in [3.05, 3.63) is 58.6 Å². The van der Waals surface area contributed by atoms with Gasteiger partial charge >= 0.3 is 0 Å². The lowest BCUT2D eigenvalue weighted by molar-refractivity contribution is 0.152. The van der Waals surface area contributed by atoms with E-state index in [0.717, 1.165) is 17.3 Å². The predicted octanol–water partition coefficient (Wildman–Crippen LogP) is 4.80. The van der Waals surface area contributed by atoms with Crippen molar-refractivity contribution in [2.45, 2.75) is 45.3 Å². The van der Waals surface area contributed by atoms with E-state index in [9.17, 15) is 5.11 Å². The van der Waals surface area contributed by atoms with Crippen molar-refractivity contribution in [3.8, 4) is 11.1 Å². The molecule has 2 rings (SSSR count). The first kappa shape index (κ1) is 18.2. The van der Waals surface area contributed by atoms with Crippen LogP contribution < -0.4 is 5.32 Å². The summed E-state index contributed by atoms with van der Waals surface area (Å²) in [6, 6.07) is 16.8. The number of aryl methyl sites for hydroxylation is 1. The summed E-state index contributed by atoms with van der Waals surface area (Å²) < 4.78 is 1.08. The topological polar surface area (TPSA) is 32.3 Å². The van der Waals surface area contributed by atoms with Crippen molar-refractivity contribution < 1.29 is 5.11 Å². The van der Waals surface area contributed by atoms with Crippen LogP contribution in [-0.4, -0.2) is 23.3 Å². The lowest BCUT2D eigenvalue weighted by Crippen LogP contribution is -2.40. The van der Waals surface area contributed by atoms with E-state index in [4.69, 9.17) is 0 Å². The third-order valence-electron chi connectivity index (χ3n) is 3.77. The van der Waals surface area contributed by atoms with E-state index >= 15 is 0 Å². The van der Waals surface area contributed by atoms with Gasteiger partial charge in [-0.05, 0) is 62.4 Å². The molecule has 0 spiro atoms. The fraction of sp³-hybridized carbons (Fsp3) is 0.400. The molecule has 23 heavy (non-hydrogen) atoms. The zero-order chi connectivity index (χ0) is 16.9. The minimum Gasteiger partial charge on any atom is -0.392 e. The van der Waals surface area contributed by atoms with E-state index in [-0.39, 0.29) is 11.6 Å². The lowest BCUT2D eigenvalue weighted by atomic mass is 9.95. The van der Waals surface area contributed by atoms with Crippen molar-refractivity contribution in [1.82, 2.24) is 5.32 Å². The Kier molecular flexibility index (Phi) is 6.40. The van der Waals surface area contributed by atoms with Crippen LogP contribution in [0.15, 0.2) is 53.0 Å². The highest BCUT2D eigenvalue weighted by molar-refractivity contribution is 9.10. The van der Waals surface area contributed by atoms with Crippen LogP contribution >= 0.6 is 15.9 Å². The van der Waals surface area contributed by atoms with Crippen molar-refractivity contribution in [2.75, 3.05) is 6.54 Å². The molecule has 0 bridgehead atoms. The third-order valence-corrected chi connectivity index (χ3v) is 4.26. The van der Waals surface area contributed by atoms with Gasteiger partial charge in [0, 0.05) is 16.6 Å². The summed E-state index contributed by atoms with van der Waals surface area (Å²) in [6.45, 7) is 6.96. The highest BCUT2D eigenvalue weighted by Crippen LogP contribution is 2.28. The zero-order valence-corrected chi connectivity index (χ0v) is 15.7. The van der Waals surface area contributed by atoms with Crippen LogP contribution in [0.1, 0.15) is 32.8 Å².